The van der Waals surface area contributed by atoms with Crippen LogP contribution in [0.4, 0.5) is 0 Å². The van der Waals surface area contributed by atoms with E-state index in [4.69, 9.17) is 12.2 Å². The second-order valence-corrected chi connectivity index (χ2v) is 16.2. The summed E-state index contributed by atoms with van der Waals surface area (Å²) in [6.45, 7) is 6.85. The Labute approximate surface area is 335 Å². The predicted octanol–water partition coefficient (Wildman–Crippen LogP) is 12.3. The molecule has 310 valence electrons. The molecule has 0 radical (unpaired) electrons. The molecule has 0 aromatic heterocycles. The maximum atomic E-state index is 13.2. The predicted molar refractivity (Wildman–Crippen MR) is 237 cm³/mol. The molecule has 0 aromatic carbocycles. The summed E-state index contributed by atoms with van der Waals surface area (Å²) < 4.78 is 0. The standard InChI is InChI=1S/C46H88N4O2S/c1-5-7-9-11-13-15-17-19-21-23-25-27-29-31-33-35-39-47-45(53)42-43(49-44(51)38-37-41-50(3)4)46(52)48-40-36-34-32-30-28-26-24-22-20-18-16-14-12-10-8-6-2/h19-22,43H,5-18,23-42H2,1-4H3,(H,47,53)(H,48,52)(H,49,51)/b21-19-,22-20-. The first-order valence-corrected chi connectivity index (χ1v) is 23.1. The summed E-state index contributed by atoms with van der Waals surface area (Å²) in [6, 6.07) is -0.629. The van der Waals surface area contributed by atoms with Crippen molar-refractivity contribution in [2.24, 2.45) is 0 Å². The van der Waals surface area contributed by atoms with Gasteiger partial charge in [-0.2, -0.15) is 0 Å². The maximum absolute atomic E-state index is 13.2. The smallest absolute Gasteiger partial charge is 0.243 e. The van der Waals surface area contributed by atoms with Gasteiger partial charge in [0.25, 0.3) is 0 Å². The SMILES string of the molecule is CCCCCCCC/C=C\CCCCCCCCNC(=O)C(CC(=S)NCCCCCCCC/C=C\CCCCCCCC)NC(=O)CCCN(C)C. The minimum atomic E-state index is -0.629. The Morgan fingerprint density at radius 2 is 0.906 bits per heavy atom. The maximum Gasteiger partial charge on any atom is 0.243 e. The number of amides is 2. The van der Waals surface area contributed by atoms with Crippen LogP contribution in [0.1, 0.15) is 213 Å². The summed E-state index contributed by atoms with van der Waals surface area (Å²) in [6.07, 6.45) is 46.8. The van der Waals surface area contributed by atoms with E-state index >= 15 is 0 Å². The van der Waals surface area contributed by atoms with Gasteiger partial charge in [-0.1, -0.05) is 166 Å². The van der Waals surface area contributed by atoms with Crippen molar-refractivity contribution in [2.75, 3.05) is 33.7 Å². The lowest BCUT2D eigenvalue weighted by Gasteiger charge is -2.20. The van der Waals surface area contributed by atoms with Gasteiger partial charge in [0.2, 0.25) is 11.8 Å². The van der Waals surface area contributed by atoms with Gasteiger partial charge in [-0.25, -0.2) is 0 Å². The molecule has 0 aliphatic heterocycles. The molecule has 0 spiro atoms. The van der Waals surface area contributed by atoms with E-state index in [0.717, 1.165) is 38.8 Å². The third-order valence-corrected chi connectivity index (χ3v) is 10.4. The highest BCUT2D eigenvalue weighted by atomic mass is 32.1. The molecule has 0 bridgehead atoms. The van der Waals surface area contributed by atoms with E-state index in [0.29, 0.717) is 24.4 Å². The van der Waals surface area contributed by atoms with E-state index in [1.807, 2.05) is 14.1 Å². The van der Waals surface area contributed by atoms with Crippen LogP contribution in [0.5, 0.6) is 0 Å². The molecular formula is C46H88N4O2S. The summed E-state index contributed by atoms with van der Waals surface area (Å²) in [4.78, 5) is 28.6. The highest BCUT2D eigenvalue weighted by molar-refractivity contribution is 7.80. The van der Waals surface area contributed by atoms with Crippen LogP contribution in [-0.4, -0.2) is 61.5 Å². The first-order valence-electron chi connectivity index (χ1n) is 22.7. The van der Waals surface area contributed by atoms with E-state index in [9.17, 15) is 9.59 Å². The van der Waals surface area contributed by atoms with Gasteiger partial charge in [0.15, 0.2) is 0 Å². The van der Waals surface area contributed by atoms with Crippen molar-refractivity contribution in [2.45, 2.75) is 219 Å². The van der Waals surface area contributed by atoms with Crippen molar-refractivity contribution >= 4 is 29.0 Å². The van der Waals surface area contributed by atoms with Gasteiger partial charge < -0.3 is 20.9 Å². The Morgan fingerprint density at radius 3 is 1.32 bits per heavy atom. The molecule has 6 nitrogen and oxygen atoms in total. The molecule has 0 aromatic rings. The second kappa shape index (κ2) is 41.4. The molecular weight excluding hydrogens is 673 g/mol. The fourth-order valence-electron chi connectivity index (χ4n) is 6.60. The lowest BCUT2D eigenvalue weighted by atomic mass is 10.1. The number of thiocarbonyl (C=S) groups is 1. The van der Waals surface area contributed by atoms with Crippen molar-refractivity contribution < 1.29 is 9.59 Å². The average molecular weight is 761 g/mol. The molecule has 7 heteroatoms. The van der Waals surface area contributed by atoms with E-state index in [1.54, 1.807) is 0 Å². The Kier molecular flexibility index (Phi) is 40.1. The molecule has 0 aliphatic carbocycles. The van der Waals surface area contributed by atoms with Gasteiger partial charge in [0.1, 0.15) is 6.04 Å². The van der Waals surface area contributed by atoms with Crippen LogP contribution in [0.25, 0.3) is 0 Å². The molecule has 0 aliphatic rings. The summed E-state index contributed by atoms with van der Waals surface area (Å²) in [5.74, 6) is -0.208. The van der Waals surface area contributed by atoms with Crippen molar-refractivity contribution in [3.8, 4) is 0 Å². The van der Waals surface area contributed by atoms with Gasteiger partial charge in [0.05, 0.1) is 4.99 Å². The van der Waals surface area contributed by atoms with Crippen LogP contribution in [0.3, 0.4) is 0 Å². The number of hydrogen-bond acceptors (Lipinski definition) is 4. The highest BCUT2D eigenvalue weighted by Crippen LogP contribution is 2.12. The molecule has 53 heavy (non-hydrogen) atoms. The van der Waals surface area contributed by atoms with Gasteiger partial charge in [-0.15, -0.1) is 0 Å². The van der Waals surface area contributed by atoms with Crippen molar-refractivity contribution in [1.29, 1.82) is 0 Å². The van der Waals surface area contributed by atoms with E-state index in [-0.39, 0.29) is 11.8 Å². The zero-order valence-electron chi connectivity index (χ0n) is 35.6. The number of allylic oxidation sites excluding steroid dienone is 4. The van der Waals surface area contributed by atoms with E-state index < -0.39 is 6.04 Å². The average Bonchev–Trinajstić information content (AvgIpc) is 3.13. The zero-order valence-corrected chi connectivity index (χ0v) is 36.4. The van der Waals surface area contributed by atoms with Crippen LogP contribution in [0.15, 0.2) is 24.3 Å². The van der Waals surface area contributed by atoms with Crippen LogP contribution in [-0.2, 0) is 9.59 Å². The molecule has 1 unspecified atom stereocenters. The Balaban J connectivity index is 4.14. The van der Waals surface area contributed by atoms with Gasteiger partial charge in [-0.3, -0.25) is 9.59 Å². The third-order valence-electron chi connectivity index (χ3n) is 10.0. The minimum absolute atomic E-state index is 0.0830. The number of nitrogens with one attached hydrogen (secondary N) is 3. The first-order chi connectivity index (χ1) is 25.9. The molecule has 2 amide bonds. The van der Waals surface area contributed by atoms with Crippen LogP contribution >= 0.6 is 12.2 Å². The fraction of sp³-hybridized carbons (Fsp3) is 0.848. The highest BCUT2D eigenvalue weighted by Gasteiger charge is 2.22. The largest absolute Gasteiger partial charge is 0.380 e. The molecule has 0 fully saturated rings. The first kappa shape index (κ1) is 51.3. The van der Waals surface area contributed by atoms with Crippen LogP contribution < -0.4 is 16.0 Å². The summed E-state index contributed by atoms with van der Waals surface area (Å²) in [5, 5.41) is 9.41. The molecule has 0 saturated carbocycles. The van der Waals surface area contributed by atoms with Crippen molar-refractivity contribution in [3.05, 3.63) is 24.3 Å². The van der Waals surface area contributed by atoms with Gasteiger partial charge in [0, 0.05) is 25.9 Å². The van der Waals surface area contributed by atoms with E-state index in [1.165, 1.54) is 161 Å². The Morgan fingerprint density at radius 1 is 0.528 bits per heavy atom. The van der Waals surface area contributed by atoms with Crippen LogP contribution in [0, 0.1) is 0 Å². The van der Waals surface area contributed by atoms with Crippen molar-refractivity contribution in [1.82, 2.24) is 20.9 Å². The molecule has 0 rings (SSSR count). The molecule has 3 N–H and O–H groups in total. The number of nitrogens with zero attached hydrogens (tertiary/aromatic N) is 1. The quantitative estimate of drug-likeness (QED) is 0.0329. The van der Waals surface area contributed by atoms with E-state index in [2.05, 4.69) is 59.0 Å². The lowest BCUT2D eigenvalue weighted by Crippen LogP contribution is -2.49. The Bertz CT molecular complexity index is 891. The van der Waals surface area contributed by atoms with Crippen LogP contribution in [0.2, 0.25) is 0 Å². The van der Waals surface area contributed by atoms with Gasteiger partial charge in [-0.05, 0) is 91.3 Å². The Hall–Kier alpha value is -1.73. The number of rotatable bonds is 40. The topological polar surface area (TPSA) is 73.5 Å². The van der Waals surface area contributed by atoms with Crippen molar-refractivity contribution in [3.63, 3.8) is 0 Å². The normalized spacial score (nSPS) is 12.2. The molecule has 0 saturated heterocycles. The zero-order chi connectivity index (χ0) is 38.9. The molecule has 1 atom stereocenters. The third kappa shape index (κ3) is 39.8. The number of carbonyl (C=O) groups is 2. The molecule has 0 heterocycles. The minimum Gasteiger partial charge on any atom is -0.380 e. The second-order valence-electron chi connectivity index (χ2n) is 15.7. The monoisotopic (exact) mass is 761 g/mol. The number of hydrogen-bond donors (Lipinski definition) is 3. The fourth-order valence-corrected chi connectivity index (χ4v) is 6.87. The van der Waals surface area contributed by atoms with Gasteiger partial charge >= 0.3 is 0 Å². The summed E-state index contributed by atoms with van der Waals surface area (Å²) in [7, 11) is 4.01. The number of carbonyl (C=O) groups excluding carboxylic acids is 2. The summed E-state index contributed by atoms with van der Waals surface area (Å²) >= 11 is 5.63. The summed E-state index contributed by atoms with van der Waals surface area (Å²) in [5.41, 5.74) is 0. The number of unbranched alkanes of at least 4 members (excludes halogenated alkanes) is 24. The lowest BCUT2D eigenvalue weighted by molar-refractivity contribution is -0.128.